The highest BCUT2D eigenvalue weighted by Gasteiger charge is 2.20. The van der Waals surface area contributed by atoms with Gasteiger partial charge in [0.15, 0.2) is 0 Å². The number of aromatic nitrogens is 2. The van der Waals surface area contributed by atoms with Gasteiger partial charge in [-0.05, 0) is 39.8 Å². The molecule has 0 fully saturated rings. The van der Waals surface area contributed by atoms with Crippen LogP contribution in [0.15, 0.2) is 36.7 Å². The summed E-state index contributed by atoms with van der Waals surface area (Å²) in [6.07, 6.45) is 4.05. The molecular weight excluding hydrogens is 260 g/mol. The van der Waals surface area contributed by atoms with Crippen molar-refractivity contribution in [3.05, 3.63) is 47.8 Å². The molecule has 1 unspecified atom stereocenters. The number of nitrogens with zero attached hydrogens (tertiary/aromatic N) is 3. The van der Waals surface area contributed by atoms with Crippen molar-refractivity contribution < 1.29 is 0 Å². The van der Waals surface area contributed by atoms with Crippen LogP contribution in [0.25, 0.3) is 0 Å². The lowest BCUT2D eigenvalue weighted by Crippen LogP contribution is -2.33. The summed E-state index contributed by atoms with van der Waals surface area (Å²) in [6.45, 7) is 10.0. The quantitative estimate of drug-likeness (QED) is 0.886. The number of likely N-dealkylation sites (N-methyl/N-ethyl adjacent to an activating group) is 1. The summed E-state index contributed by atoms with van der Waals surface area (Å²) in [6, 6.07) is 9.13. The third-order valence-corrected chi connectivity index (χ3v) is 3.84. The van der Waals surface area contributed by atoms with E-state index in [2.05, 4.69) is 68.2 Å². The van der Waals surface area contributed by atoms with Gasteiger partial charge in [-0.25, -0.2) is 0 Å². The molecule has 0 spiro atoms. The molecule has 0 bridgehead atoms. The van der Waals surface area contributed by atoms with Crippen molar-refractivity contribution in [2.45, 2.75) is 39.8 Å². The second kappa shape index (κ2) is 6.76. The van der Waals surface area contributed by atoms with Crippen LogP contribution >= 0.6 is 0 Å². The van der Waals surface area contributed by atoms with Crippen LogP contribution in [0.4, 0.5) is 5.69 Å². The van der Waals surface area contributed by atoms with Crippen molar-refractivity contribution in [3.63, 3.8) is 0 Å². The van der Waals surface area contributed by atoms with Crippen LogP contribution < -0.4 is 10.6 Å². The fraction of sp³-hybridized carbons (Fsp3) is 0.471. The molecule has 0 aliphatic rings. The van der Waals surface area contributed by atoms with E-state index in [1.54, 1.807) is 0 Å². The van der Waals surface area contributed by atoms with Gasteiger partial charge in [-0.1, -0.05) is 17.7 Å². The van der Waals surface area contributed by atoms with Gasteiger partial charge in [0.25, 0.3) is 0 Å². The molecule has 1 aromatic heterocycles. The lowest BCUT2D eigenvalue weighted by atomic mass is 10.1. The third kappa shape index (κ3) is 3.45. The van der Waals surface area contributed by atoms with Gasteiger partial charge < -0.3 is 10.6 Å². The normalized spacial score (nSPS) is 12.7. The number of aryl methyl sites for hydroxylation is 1. The van der Waals surface area contributed by atoms with Crippen LogP contribution in [0.3, 0.4) is 0 Å². The van der Waals surface area contributed by atoms with E-state index in [0.717, 1.165) is 6.54 Å². The van der Waals surface area contributed by atoms with Crippen LogP contribution in [-0.4, -0.2) is 22.9 Å². The average molecular weight is 286 g/mol. The minimum Gasteiger partial charge on any atom is -0.363 e. The SMILES string of the molecule is CCN(c1ccc(C)cc1)C(CN)c1cnn(C(C)C)c1. The Hall–Kier alpha value is -1.81. The van der Waals surface area contributed by atoms with Crippen molar-refractivity contribution in [2.75, 3.05) is 18.0 Å². The van der Waals surface area contributed by atoms with Crippen molar-refractivity contribution in [1.82, 2.24) is 9.78 Å². The second-order valence-electron chi connectivity index (χ2n) is 5.72. The monoisotopic (exact) mass is 286 g/mol. The van der Waals surface area contributed by atoms with Gasteiger partial charge in [-0.3, -0.25) is 4.68 Å². The van der Waals surface area contributed by atoms with Crippen LogP contribution in [0.2, 0.25) is 0 Å². The molecule has 2 rings (SSSR count). The number of benzene rings is 1. The minimum absolute atomic E-state index is 0.158. The third-order valence-electron chi connectivity index (χ3n) is 3.84. The van der Waals surface area contributed by atoms with E-state index in [1.807, 2.05) is 10.9 Å². The van der Waals surface area contributed by atoms with E-state index < -0.39 is 0 Å². The topological polar surface area (TPSA) is 47.1 Å². The lowest BCUT2D eigenvalue weighted by Gasteiger charge is -2.31. The predicted octanol–water partition coefficient (Wildman–Crippen LogP) is 3.30. The van der Waals surface area contributed by atoms with Crippen LogP contribution in [0, 0.1) is 6.92 Å². The van der Waals surface area contributed by atoms with E-state index in [0.29, 0.717) is 12.6 Å². The van der Waals surface area contributed by atoms with E-state index in [1.165, 1.54) is 16.8 Å². The number of nitrogens with two attached hydrogens (primary N) is 1. The number of rotatable bonds is 6. The first kappa shape index (κ1) is 15.6. The summed E-state index contributed by atoms with van der Waals surface area (Å²) >= 11 is 0. The molecule has 2 aromatic rings. The molecule has 0 aliphatic carbocycles. The maximum absolute atomic E-state index is 6.06. The molecule has 21 heavy (non-hydrogen) atoms. The largest absolute Gasteiger partial charge is 0.363 e. The molecule has 0 radical (unpaired) electrons. The summed E-state index contributed by atoms with van der Waals surface area (Å²) < 4.78 is 1.99. The molecule has 0 saturated carbocycles. The molecule has 1 atom stereocenters. The zero-order chi connectivity index (χ0) is 15.4. The average Bonchev–Trinajstić information content (AvgIpc) is 2.95. The Morgan fingerprint density at radius 3 is 2.38 bits per heavy atom. The standard InChI is InChI=1S/C17H26N4/c1-5-20(16-8-6-14(4)7-9-16)17(10-18)15-11-19-21(12-15)13(2)3/h6-9,11-13,17H,5,10,18H2,1-4H3. The van der Waals surface area contributed by atoms with Gasteiger partial charge in [-0.15, -0.1) is 0 Å². The highest BCUT2D eigenvalue weighted by atomic mass is 15.3. The molecular formula is C17H26N4. The van der Waals surface area contributed by atoms with Gasteiger partial charge in [0.2, 0.25) is 0 Å². The molecule has 4 nitrogen and oxygen atoms in total. The Balaban J connectivity index is 2.30. The summed E-state index contributed by atoms with van der Waals surface area (Å²) in [7, 11) is 0. The Kier molecular flexibility index (Phi) is 5.02. The van der Waals surface area contributed by atoms with Crippen molar-refractivity contribution in [3.8, 4) is 0 Å². The molecule has 114 valence electrons. The van der Waals surface area contributed by atoms with E-state index in [-0.39, 0.29) is 6.04 Å². The zero-order valence-corrected chi connectivity index (χ0v) is 13.5. The van der Waals surface area contributed by atoms with Gasteiger partial charge in [-0.2, -0.15) is 5.10 Å². The first-order valence-corrected chi connectivity index (χ1v) is 7.64. The van der Waals surface area contributed by atoms with Crippen molar-refractivity contribution in [2.24, 2.45) is 5.73 Å². The molecule has 0 aliphatic heterocycles. The Bertz CT molecular complexity index is 556. The van der Waals surface area contributed by atoms with Crippen molar-refractivity contribution in [1.29, 1.82) is 0 Å². The molecule has 1 aromatic carbocycles. The van der Waals surface area contributed by atoms with Gasteiger partial charge >= 0.3 is 0 Å². The highest BCUT2D eigenvalue weighted by molar-refractivity contribution is 5.49. The summed E-state index contributed by atoms with van der Waals surface area (Å²) in [4.78, 5) is 2.33. The molecule has 0 amide bonds. The van der Waals surface area contributed by atoms with Gasteiger partial charge in [0.05, 0.1) is 12.2 Å². The lowest BCUT2D eigenvalue weighted by molar-refractivity contribution is 0.531. The van der Waals surface area contributed by atoms with Crippen LogP contribution in [0.1, 0.15) is 44.0 Å². The molecule has 4 heteroatoms. The number of anilines is 1. The first-order chi connectivity index (χ1) is 10.1. The Morgan fingerprint density at radius 2 is 1.90 bits per heavy atom. The van der Waals surface area contributed by atoms with Gasteiger partial charge in [0, 0.05) is 36.6 Å². The molecule has 2 N–H and O–H groups in total. The van der Waals surface area contributed by atoms with E-state index >= 15 is 0 Å². The van der Waals surface area contributed by atoms with Crippen LogP contribution in [0.5, 0.6) is 0 Å². The van der Waals surface area contributed by atoms with Crippen LogP contribution in [-0.2, 0) is 0 Å². The Morgan fingerprint density at radius 1 is 1.24 bits per heavy atom. The summed E-state index contributed by atoms with van der Waals surface area (Å²) in [5.74, 6) is 0. The van der Waals surface area contributed by atoms with E-state index in [9.17, 15) is 0 Å². The van der Waals surface area contributed by atoms with E-state index in [4.69, 9.17) is 5.73 Å². The fourth-order valence-electron chi connectivity index (χ4n) is 2.57. The summed E-state index contributed by atoms with van der Waals surface area (Å²) in [5.41, 5.74) is 9.70. The Labute approximate surface area is 127 Å². The van der Waals surface area contributed by atoms with Gasteiger partial charge in [0.1, 0.15) is 0 Å². The fourth-order valence-corrected chi connectivity index (χ4v) is 2.57. The number of hydrogen-bond donors (Lipinski definition) is 1. The second-order valence-corrected chi connectivity index (χ2v) is 5.72. The first-order valence-electron chi connectivity index (χ1n) is 7.64. The minimum atomic E-state index is 0.158. The number of hydrogen-bond acceptors (Lipinski definition) is 3. The maximum Gasteiger partial charge on any atom is 0.0695 e. The molecule has 0 saturated heterocycles. The maximum atomic E-state index is 6.06. The summed E-state index contributed by atoms with van der Waals surface area (Å²) in [5, 5.41) is 4.44. The molecule has 1 heterocycles. The zero-order valence-electron chi connectivity index (χ0n) is 13.5. The predicted molar refractivity (Wildman–Crippen MR) is 88.6 cm³/mol. The van der Waals surface area contributed by atoms with Crippen molar-refractivity contribution >= 4 is 5.69 Å². The smallest absolute Gasteiger partial charge is 0.0695 e. The highest BCUT2D eigenvalue weighted by Crippen LogP contribution is 2.26.